The summed E-state index contributed by atoms with van der Waals surface area (Å²) in [5.74, 6) is 0.814. The molecule has 2 aliphatic heterocycles. The number of nitrogens with one attached hydrogen (secondary N) is 1. The van der Waals surface area contributed by atoms with Gasteiger partial charge in [-0.2, -0.15) is 5.10 Å². The molecule has 1 aromatic heterocycles. The van der Waals surface area contributed by atoms with Crippen LogP contribution in [0.4, 0.5) is 0 Å². The number of rotatable bonds is 3. The van der Waals surface area contributed by atoms with Crippen LogP contribution in [0.3, 0.4) is 0 Å². The fourth-order valence-corrected chi connectivity index (χ4v) is 3.04. The van der Waals surface area contributed by atoms with Crippen molar-refractivity contribution in [3.8, 4) is 0 Å². The number of hydrogen-bond donors (Lipinski definition) is 1. The molecule has 104 valence electrons. The van der Waals surface area contributed by atoms with Gasteiger partial charge in [-0.1, -0.05) is 0 Å². The number of nitrogens with zero attached hydrogens (tertiary/aromatic N) is 3. The van der Waals surface area contributed by atoms with Crippen LogP contribution in [0.15, 0.2) is 12.4 Å². The van der Waals surface area contributed by atoms with Crippen LogP contribution < -0.4 is 5.32 Å². The number of hydrogen-bond acceptors (Lipinski definition) is 3. The van der Waals surface area contributed by atoms with E-state index in [1.54, 1.807) is 4.68 Å². The van der Waals surface area contributed by atoms with E-state index in [0.29, 0.717) is 12.5 Å². The van der Waals surface area contributed by atoms with Gasteiger partial charge < -0.3 is 10.2 Å². The zero-order valence-electron chi connectivity index (χ0n) is 11.3. The van der Waals surface area contributed by atoms with Gasteiger partial charge in [-0.25, -0.2) is 0 Å². The molecule has 1 amide bonds. The molecule has 0 radical (unpaired) electrons. The van der Waals surface area contributed by atoms with Crippen LogP contribution in [0.2, 0.25) is 0 Å². The zero-order chi connectivity index (χ0) is 13.1. The Morgan fingerprint density at radius 3 is 2.79 bits per heavy atom. The van der Waals surface area contributed by atoms with Gasteiger partial charge in [-0.05, 0) is 50.3 Å². The third-order valence-corrected chi connectivity index (χ3v) is 4.22. The minimum absolute atomic E-state index is 0.206. The van der Waals surface area contributed by atoms with E-state index in [2.05, 4.69) is 16.6 Å². The average molecular weight is 262 g/mol. The van der Waals surface area contributed by atoms with Crippen molar-refractivity contribution in [2.45, 2.75) is 38.1 Å². The third kappa shape index (κ3) is 2.97. The fourth-order valence-electron chi connectivity index (χ4n) is 3.04. The van der Waals surface area contributed by atoms with Crippen molar-refractivity contribution < 1.29 is 4.79 Å². The molecule has 3 rings (SSSR count). The van der Waals surface area contributed by atoms with Gasteiger partial charge in [0.2, 0.25) is 5.91 Å². The Hall–Kier alpha value is -1.36. The lowest BCUT2D eigenvalue weighted by Crippen LogP contribution is -2.31. The minimum Gasteiger partial charge on any atom is -0.341 e. The van der Waals surface area contributed by atoms with E-state index in [-0.39, 0.29) is 5.91 Å². The molecule has 0 unspecified atom stereocenters. The molecular weight excluding hydrogens is 240 g/mol. The Labute approximate surface area is 114 Å². The molecular formula is C14H22N4O. The van der Waals surface area contributed by atoms with Crippen LogP contribution >= 0.6 is 0 Å². The third-order valence-electron chi connectivity index (χ3n) is 4.22. The van der Waals surface area contributed by atoms with Gasteiger partial charge in [0.25, 0.3) is 0 Å². The SMILES string of the molecule is O=C(Cn1cc(C2CCNCC2)cn1)N1CCCC1. The van der Waals surface area contributed by atoms with Crippen molar-refractivity contribution in [1.29, 1.82) is 0 Å². The molecule has 0 bridgehead atoms. The Bertz CT molecular complexity index is 430. The number of piperidine rings is 1. The number of carbonyl (C=O) groups is 1. The van der Waals surface area contributed by atoms with Crippen LogP contribution in [-0.2, 0) is 11.3 Å². The molecule has 5 nitrogen and oxygen atoms in total. The van der Waals surface area contributed by atoms with Crippen molar-refractivity contribution >= 4 is 5.91 Å². The molecule has 3 heterocycles. The molecule has 0 aliphatic carbocycles. The lowest BCUT2D eigenvalue weighted by atomic mass is 9.93. The van der Waals surface area contributed by atoms with E-state index in [1.165, 1.54) is 18.4 Å². The second kappa shape index (κ2) is 5.74. The summed E-state index contributed by atoms with van der Waals surface area (Å²) in [7, 11) is 0. The monoisotopic (exact) mass is 262 g/mol. The summed E-state index contributed by atoms with van der Waals surface area (Å²) in [5, 5.41) is 7.72. The number of amides is 1. The van der Waals surface area contributed by atoms with E-state index in [9.17, 15) is 4.79 Å². The Morgan fingerprint density at radius 1 is 1.32 bits per heavy atom. The van der Waals surface area contributed by atoms with Crippen LogP contribution in [0, 0.1) is 0 Å². The maximum absolute atomic E-state index is 12.1. The first-order valence-corrected chi connectivity index (χ1v) is 7.34. The highest BCUT2D eigenvalue weighted by Crippen LogP contribution is 2.24. The molecule has 2 aliphatic rings. The molecule has 0 aromatic carbocycles. The molecule has 0 saturated carbocycles. The van der Waals surface area contributed by atoms with E-state index in [4.69, 9.17) is 0 Å². The number of aromatic nitrogens is 2. The summed E-state index contributed by atoms with van der Waals surface area (Å²) in [5.41, 5.74) is 1.29. The van der Waals surface area contributed by atoms with E-state index >= 15 is 0 Å². The highest BCUT2D eigenvalue weighted by Gasteiger charge is 2.20. The first-order valence-electron chi connectivity index (χ1n) is 7.34. The van der Waals surface area contributed by atoms with Gasteiger partial charge in [0.15, 0.2) is 0 Å². The van der Waals surface area contributed by atoms with Gasteiger partial charge in [0.1, 0.15) is 6.54 Å². The van der Waals surface area contributed by atoms with Crippen LogP contribution in [0.5, 0.6) is 0 Å². The van der Waals surface area contributed by atoms with Crippen LogP contribution in [0.25, 0.3) is 0 Å². The molecule has 5 heteroatoms. The first kappa shape index (κ1) is 12.7. The topological polar surface area (TPSA) is 50.2 Å². The van der Waals surface area contributed by atoms with Crippen molar-refractivity contribution in [3.05, 3.63) is 18.0 Å². The van der Waals surface area contributed by atoms with Crippen LogP contribution in [-0.4, -0.2) is 46.8 Å². The summed E-state index contributed by atoms with van der Waals surface area (Å²) in [6, 6.07) is 0. The number of carbonyl (C=O) groups excluding carboxylic acids is 1. The van der Waals surface area contributed by atoms with Gasteiger partial charge in [0, 0.05) is 19.3 Å². The summed E-state index contributed by atoms with van der Waals surface area (Å²) in [6.07, 6.45) is 8.63. The summed E-state index contributed by atoms with van der Waals surface area (Å²) < 4.78 is 1.80. The van der Waals surface area contributed by atoms with Crippen LogP contribution in [0.1, 0.15) is 37.2 Å². The van der Waals surface area contributed by atoms with Crippen molar-refractivity contribution in [3.63, 3.8) is 0 Å². The lowest BCUT2D eigenvalue weighted by Gasteiger charge is -2.21. The van der Waals surface area contributed by atoms with Crippen molar-refractivity contribution in [2.75, 3.05) is 26.2 Å². The molecule has 1 N–H and O–H groups in total. The fraction of sp³-hybridized carbons (Fsp3) is 0.714. The average Bonchev–Trinajstić information content (AvgIpc) is 3.11. The molecule has 1 aromatic rings. The Balaban J connectivity index is 1.59. The summed E-state index contributed by atoms with van der Waals surface area (Å²) in [6.45, 7) is 4.40. The van der Waals surface area contributed by atoms with E-state index < -0.39 is 0 Å². The highest BCUT2D eigenvalue weighted by atomic mass is 16.2. The Morgan fingerprint density at radius 2 is 2.05 bits per heavy atom. The van der Waals surface area contributed by atoms with Gasteiger partial charge >= 0.3 is 0 Å². The molecule has 19 heavy (non-hydrogen) atoms. The second-order valence-electron chi connectivity index (χ2n) is 5.58. The number of likely N-dealkylation sites (tertiary alicyclic amines) is 1. The smallest absolute Gasteiger partial charge is 0.244 e. The molecule has 0 atom stereocenters. The standard InChI is InChI=1S/C14H22N4O/c19-14(17-7-1-2-8-17)11-18-10-13(9-16-18)12-3-5-15-6-4-12/h9-10,12,15H,1-8,11H2. The lowest BCUT2D eigenvalue weighted by molar-refractivity contribution is -0.130. The molecule has 2 saturated heterocycles. The predicted molar refractivity (Wildman–Crippen MR) is 72.9 cm³/mol. The normalized spacial score (nSPS) is 20.9. The quantitative estimate of drug-likeness (QED) is 0.883. The largest absolute Gasteiger partial charge is 0.341 e. The van der Waals surface area contributed by atoms with Gasteiger partial charge in [-0.3, -0.25) is 9.48 Å². The van der Waals surface area contributed by atoms with E-state index in [0.717, 1.165) is 39.0 Å². The predicted octanol–water partition coefficient (Wildman–Crippen LogP) is 0.972. The zero-order valence-corrected chi connectivity index (χ0v) is 11.3. The summed E-state index contributed by atoms with van der Waals surface area (Å²) in [4.78, 5) is 14.0. The first-order chi connectivity index (χ1) is 9.33. The maximum Gasteiger partial charge on any atom is 0.244 e. The maximum atomic E-state index is 12.1. The highest BCUT2D eigenvalue weighted by molar-refractivity contribution is 5.76. The van der Waals surface area contributed by atoms with Gasteiger partial charge in [0.05, 0.1) is 6.20 Å². The van der Waals surface area contributed by atoms with Crippen molar-refractivity contribution in [1.82, 2.24) is 20.0 Å². The van der Waals surface area contributed by atoms with Gasteiger partial charge in [-0.15, -0.1) is 0 Å². The molecule has 2 fully saturated rings. The summed E-state index contributed by atoms with van der Waals surface area (Å²) >= 11 is 0. The minimum atomic E-state index is 0.206. The Kier molecular flexibility index (Phi) is 3.82. The van der Waals surface area contributed by atoms with Crippen molar-refractivity contribution in [2.24, 2.45) is 0 Å². The second-order valence-corrected chi connectivity index (χ2v) is 5.58. The van der Waals surface area contributed by atoms with E-state index in [1.807, 2.05) is 11.1 Å². The molecule has 0 spiro atoms.